The standard InChI is InChI=1S/C10H16O/c1-5-10(4,11)8-6-7-9(2)3/h5-8,11H,1H2,2-4H3/b8-6+. The van der Waals surface area contributed by atoms with Gasteiger partial charge in [-0.25, -0.2) is 0 Å². The van der Waals surface area contributed by atoms with E-state index in [1.54, 1.807) is 13.0 Å². The molecule has 0 aromatic heterocycles. The maximum absolute atomic E-state index is 9.40. The van der Waals surface area contributed by atoms with E-state index < -0.39 is 5.60 Å². The lowest BCUT2D eigenvalue weighted by molar-refractivity contribution is 0.164. The summed E-state index contributed by atoms with van der Waals surface area (Å²) in [6, 6.07) is 0. The number of hydrogen-bond acceptors (Lipinski definition) is 1. The maximum Gasteiger partial charge on any atom is 0.0980 e. The van der Waals surface area contributed by atoms with Crippen LogP contribution < -0.4 is 0 Å². The molecule has 0 bridgehead atoms. The van der Waals surface area contributed by atoms with Gasteiger partial charge in [0.05, 0.1) is 5.60 Å². The van der Waals surface area contributed by atoms with Crippen molar-refractivity contribution in [3.63, 3.8) is 0 Å². The first kappa shape index (κ1) is 10.2. The fourth-order valence-corrected chi connectivity index (χ4v) is 0.503. The lowest BCUT2D eigenvalue weighted by atomic mass is 10.1. The Hall–Kier alpha value is -0.820. The first-order valence-electron chi connectivity index (χ1n) is 3.66. The molecule has 0 aliphatic heterocycles. The highest BCUT2D eigenvalue weighted by molar-refractivity contribution is 5.16. The average molecular weight is 152 g/mol. The molecular weight excluding hydrogens is 136 g/mol. The zero-order valence-corrected chi connectivity index (χ0v) is 7.46. The highest BCUT2D eigenvalue weighted by Crippen LogP contribution is 2.05. The summed E-state index contributed by atoms with van der Waals surface area (Å²) >= 11 is 0. The van der Waals surface area contributed by atoms with Gasteiger partial charge < -0.3 is 5.11 Å². The van der Waals surface area contributed by atoms with E-state index in [9.17, 15) is 5.11 Å². The van der Waals surface area contributed by atoms with Crippen molar-refractivity contribution in [2.45, 2.75) is 26.4 Å². The summed E-state index contributed by atoms with van der Waals surface area (Å²) in [5, 5.41) is 9.40. The van der Waals surface area contributed by atoms with Crippen molar-refractivity contribution in [2.75, 3.05) is 0 Å². The van der Waals surface area contributed by atoms with Crippen LogP contribution in [0.25, 0.3) is 0 Å². The summed E-state index contributed by atoms with van der Waals surface area (Å²) in [6.07, 6.45) is 6.98. The quantitative estimate of drug-likeness (QED) is 0.486. The van der Waals surface area contributed by atoms with Crippen LogP contribution in [0.15, 0.2) is 36.5 Å². The third-order valence-corrected chi connectivity index (χ3v) is 1.28. The molecule has 1 N–H and O–H groups in total. The Balaban J connectivity index is 4.13. The molecule has 1 heteroatoms. The Morgan fingerprint density at radius 2 is 2.00 bits per heavy atom. The average Bonchev–Trinajstić information content (AvgIpc) is 1.87. The molecule has 0 heterocycles. The van der Waals surface area contributed by atoms with Gasteiger partial charge in [0.2, 0.25) is 0 Å². The van der Waals surface area contributed by atoms with Gasteiger partial charge in [-0.2, -0.15) is 0 Å². The molecule has 0 rings (SSSR count). The summed E-state index contributed by atoms with van der Waals surface area (Å²) in [6.45, 7) is 9.21. The Kier molecular flexibility index (Phi) is 3.83. The zero-order chi connectivity index (χ0) is 8.91. The minimum absolute atomic E-state index is 0.883. The van der Waals surface area contributed by atoms with Crippen molar-refractivity contribution in [1.29, 1.82) is 0 Å². The molecule has 0 spiro atoms. The van der Waals surface area contributed by atoms with Crippen molar-refractivity contribution >= 4 is 0 Å². The predicted molar refractivity (Wildman–Crippen MR) is 49.4 cm³/mol. The summed E-state index contributed by atoms with van der Waals surface area (Å²) in [7, 11) is 0. The van der Waals surface area contributed by atoms with Crippen molar-refractivity contribution < 1.29 is 5.11 Å². The lowest BCUT2D eigenvalue weighted by Crippen LogP contribution is -2.15. The summed E-state index contributed by atoms with van der Waals surface area (Å²) < 4.78 is 0. The summed E-state index contributed by atoms with van der Waals surface area (Å²) in [5.41, 5.74) is 0.326. The molecule has 1 atom stereocenters. The second-order valence-corrected chi connectivity index (χ2v) is 3.03. The molecule has 62 valence electrons. The molecule has 11 heavy (non-hydrogen) atoms. The van der Waals surface area contributed by atoms with Crippen LogP contribution in [-0.4, -0.2) is 10.7 Å². The minimum atomic E-state index is -0.883. The number of rotatable bonds is 3. The van der Waals surface area contributed by atoms with Crippen molar-refractivity contribution in [3.05, 3.63) is 36.5 Å². The Bertz CT molecular complexity index is 181. The fourth-order valence-electron chi connectivity index (χ4n) is 0.503. The maximum atomic E-state index is 9.40. The third-order valence-electron chi connectivity index (χ3n) is 1.28. The lowest BCUT2D eigenvalue weighted by Gasteiger charge is -2.10. The van der Waals surface area contributed by atoms with E-state index in [0.29, 0.717) is 0 Å². The van der Waals surface area contributed by atoms with Crippen molar-refractivity contribution in [3.8, 4) is 0 Å². The van der Waals surface area contributed by atoms with Gasteiger partial charge in [-0.15, -0.1) is 0 Å². The molecule has 0 fully saturated rings. The summed E-state index contributed by atoms with van der Waals surface area (Å²) in [4.78, 5) is 0. The van der Waals surface area contributed by atoms with Gasteiger partial charge in [0.25, 0.3) is 0 Å². The first-order valence-corrected chi connectivity index (χ1v) is 3.66. The van der Waals surface area contributed by atoms with Crippen molar-refractivity contribution in [1.82, 2.24) is 0 Å². The van der Waals surface area contributed by atoms with Crippen LogP contribution in [0, 0.1) is 0 Å². The molecule has 0 aliphatic rings. The highest BCUT2D eigenvalue weighted by Gasteiger charge is 2.07. The number of allylic oxidation sites excluding steroid dienone is 3. The molecule has 1 unspecified atom stereocenters. The molecular formula is C10H16O. The second-order valence-electron chi connectivity index (χ2n) is 3.03. The van der Waals surface area contributed by atoms with E-state index in [1.807, 2.05) is 26.0 Å². The largest absolute Gasteiger partial charge is 0.382 e. The monoisotopic (exact) mass is 152 g/mol. The second kappa shape index (κ2) is 4.14. The predicted octanol–water partition coefficient (Wildman–Crippen LogP) is 2.45. The molecule has 0 amide bonds. The third kappa shape index (κ3) is 5.62. The molecule has 0 radical (unpaired) electrons. The Labute approximate surface area is 68.7 Å². The minimum Gasteiger partial charge on any atom is -0.382 e. The van der Waals surface area contributed by atoms with Crippen molar-refractivity contribution in [2.24, 2.45) is 0 Å². The number of hydrogen-bond donors (Lipinski definition) is 1. The Morgan fingerprint density at radius 3 is 2.36 bits per heavy atom. The smallest absolute Gasteiger partial charge is 0.0980 e. The van der Waals surface area contributed by atoms with E-state index in [4.69, 9.17) is 0 Å². The van der Waals surface area contributed by atoms with Crippen LogP contribution >= 0.6 is 0 Å². The molecule has 0 saturated carbocycles. The molecule has 0 saturated heterocycles. The van der Waals surface area contributed by atoms with Crippen LogP contribution in [0.4, 0.5) is 0 Å². The SMILES string of the molecule is C=CC(C)(O)/C=C/C=C(C)C. The fraction of sp³-hybridized carbons (Fsp3) is 0.400. The van der Waals surface area contributed by atoms with Gasteiger partial charge in [-0.1, -0.05) is 30.4 Å². The van der Waals surface area contributed by atoms with Gasteiger partial charge in [0.15, 0.2) is 0 Å². The normalized spacial score (nSPS) is 16.0. The highest BCUT2D eigenvalue weighted by atomic mass is 16.3. The van der Waals surface area contributed by atoms with Gasteiger partial charge >= 0.3 is 0 Å². The molecule has 0 aliphatic carbocycles. The van der Waals surface area contributed by atoms with Crippen LogP contribution in [-0.2, 0) is 0 Å². The topological polar surface area (TPSA) is 20.2 Å². The van der Waals surface area contributed by atoms with E-state index in [2.05, 4.69) is 6.58 Å². The van der Waals surface area contributed by atoms with Gasteiger partial charge in [0, 0.05) is 0 Å². The van der Waals surface area contributed by atoms with Crippen LogP contribution in [0.3, 0.4) is 0 Å². The van der Waals surface area contributed by atoms with E-state index in [1.165, 1.54) is 11.6 Å². The van der Waals surface area contributed by atoms with Crippen LogP contribution in [0.5, 0.6) is 0 Å². The molecule has 0 aromatic carbocycles. The van der Waals surface area contributed by atoms with Crippen LogP contribution in [0.2, 0.25) is 0 Å². The number of aliphatic hydroxyl groups is 1. The van der Waals surface area contributed by atoms with E-state index >= 15 is 0 Å². The van der Waals surface area contributed by atoms with E-state index in [-0.39, 0.29) is 0 Å². The Morgan fingerprint density at radius 1 is 1.45 bits per heavy atom. The first-order chi connectivity index (χ1) is 4.98. The van der Waals surface area contributed by atoms with Gasteiger partial charge in [0.1, 0.15) is 0 Å². The van der Waals surface area contributed by atoms with E-state index in [0.717, 1.165) is 0 Å². The zero-order valence-electron chi connectivity index (χ0n) is 7.46. The summed E-state index contributed by atoms with van der Waals surface area (Å²) in [5.74, 6) is 0. The van der Waals surface area contributed by atoms with Gasteiger partial charge in [-0.3, -0.25) is 0 Å². The molecule has 0 aromatic rings. The molecule has 1 nitrogen and oxygen atoms in total. The van der Waals surface area contributed by atoms with Gasteiger partial charge in [-0.05, 0) is 26.8 Å². The van der Waals surface area contributed by atoms with Crippen LogP contribution in [0.1, 0.15) is 20.8 Å².